The Kier molecular flexibility index (Phi) is 7.90. The van der Waals surface area contributed by atoms with Crippen molar-refractivity contribution >= 4 is 35.2 Å². The SMILES string of the molecule is COc1cc(/C=C/C(=O)OC(C)C(=O)Nc2cccnc2Cl)ccc1OC(F)F. The average Bonchev–Trinajstić information content (AvgIpc) is 2.68. The Hall–Kier alpha value is -3.20. The van der Waals surface area contributed by atoms with Crippen molar-refractivity contribution in [2.75, 3.05) is 12.4 Å². The number of esters is 1. The lowest BCUT2D eigenvalue weighted by Crippen LogP contribution is -2.29. The van der Waals surface area contributed by atoms with Crippen LogP contribution < -0.4 is 14.8 Å². The Labute approximate surface area is 170 Å². The van der Waals surface area contributed by atoms with Gasteiger partial charge in [0.2, 0.25) is 0 Å². The Bertz CT molecular complexity index is 908. The lowest BCUT2D eigenvalue weighted by Gasteiger charge is -2.13. The topological polar surface area (TPSA) is 86.8 Å². The number of methoxy groups -OCH3 is 1. The molecule has 0 radical (unpaired) electrons. The highest BCUT2D eigenvalue weighted by molar-refractivity contribution is 6.32. The zero-order chi connectivity index (χ0) is 21.4. The van der Waals surface area contributed by atoms with Crippen LogP contribution in [0, 0.1) is 0 Å². The molecule has 1 atom stereocenters. The summed E-state index contributed by atoms with van der Waals surface area (Å²) in [4.78, 5) is 27.9. The van der Waals surface area contributed by atoms with E-state index < -0.39 is 24.6 Å². The number of hydrogen-bond acceptors (Lipinski definition) is 6. The van der Waals surface area contributed by atoms with Crippen LogP contribution in [0.1, 0.15) is 12.5 Å². The van der Waals surface area contributed by atoms with Crippen molar-refractivity contribution < 1.29 is 32.6 Å². The van der Waals surface area contributed by atoms with Gasteiger partial charge in [-0.2, -0.15) is 8.78 Å². The van der Waals surface area contributed by atoms with E-state index in [2.05, 4.69) is 15.0 Å². The normalized spacial score (nSPS) is 11.9. The van der Waals surface area contributed by atoms with Crippen LogP contribution in [-0.4, -0.2) is 36.7 Å². The Balaban J connectivity index is 1.96. The summed E-state index contributed by atoms with van der Waals surface area (Å²) in [5.41, 5.74) is 0.760. The number of carbonyl (C=O) groups is 2. The molecule has 1 N–H and O–H groups in total. The van der Waals surface area contributed by atoms with Crippen LogP contribution in [0.4, 0.5) is 14.5 Å². The summed E-state index contributed by atoms with van der Waals surface area (Å²) in [7, 11) is 1.30. The number of alkyl halides is 2. The van der Waals surface area contributed by atoms with E-state index in [1.807, 2.05) is 0 Å². The lowest BCUT2D eigenvalue weighted by atomic mass is 10.2. The van der Waals surface area contributed by atoms with E-state index in [-0.39, 0.29) is 22.3 Å². The minimum Gasteiger partial charge on any atom is -0.493 e. The zero-order valence-electron chi connectivity index (χ0n) is 15.4. The monoisotopic (exact) mass is 426 g/mol. The van der Waals surface area contributed by atoms with Crippen molar-refractivity contribution in [3.8, 4) is 11.5 Å². The number of halogens is 3. The molecule has 0 saturated heterocycles. The number of nitrogens with zero attached hydrogens (tertiary/aromatic N) is 1. The molecule has 1 aromatic heterocycles. The van der Waals surface area contributed by atoms with Crippen molar-refractivity contribution in [2.45, 2.75) is 19.6 Å². The number of nitrogens with one attached hydrogen (secondary N) is 1. The first kappa shape index (κ1) is 22.1. The fourth-order valence-corrected chi connectivity index (χ4v) is 2.29. The summed E-state index contributed by atoms with van der Waals surface area (Å²) >= 11 is 5.85. The van der Waals surface area contributed by atoms with Gasteiger partial charge in [-0.1, -0.05) is 17.7 Å². The van der Waals surface area contributed by atoms with E-state index >= 15 is 0 Å². The molecule has 2 rings (SSSR count). The van der Waals surface area contributed by atoms with Gasteiger partial charge in [0, 0.05) is 12.3 Å². The molecule has 10 heteroatoms. The number of amides is 1. The van der Waals surface area contributed by atoms with Gasteiger partial charge in [0.1, 0.15) is 0 Å². The highest BCUT2D eigenvalue weighted by Gasteiger charge is 2.18. The minimum absolute atomic E-state index is 0.0712. The molecule has 0 saturated carbocycles. The molecule has 0 fully saturated rings. The van der Waals surface area contributed by atoms with Crippen LogP contribution in [0.5, 0.6) is 11.5 Å². The highest BCUT2D eigenvalue weighted by Crippen LogP contribution is 2.29. The fourth-order valence-electron chi connectivity index (χ4n) is 2.13. The van der Waals surface area contributed by atoms with Gasteiger partial charge in [0.15, 0.2) is 22.8 Å². The molecular formula is C19H17ClF2N2O5. The zero-order valence-corrected chi connectivity index (χ0v) is 16.2. The van der Waals surface area contributed by atoms with Gasteiger partial charge in [-0.15, -0.1) is 0 Å². The molecule has 154 valence electrons. The Morgan fingerprint density at radius 2 is 2.00 bits per heavy atom. The second-order valence-corrected chi connectivity index (χ2v) is 5.89. The second-order valence-electron chi connectivity index (χ2n) is 5.53. The van der Waals surface area contributed by atoms with Gasteiger partial charge >= 0.3 is 12.6 Å². The maximum absolute atomic E-state index is 12.3. The first-order valence-corrected chi connectivity index (χ1v) is 8.61. The van der Waals surface area contributed by atoms with Crippen molar-refractivity contribution in [1.29, 1.82) is 0 Å². The summed E-state index contributed by atoms with van der Waals surface area (Å²) < 4.78 is 39.0. The average molecular weight is 427 g/mol. The van der Waals surface area contributed by atoms with E-state index in [9.17, 15) is 18.4 Å². The summed E-state index contributed by atoms with van der Waals surface area (Å²) in [5, 5.41) is 2.60. The number of pyridine rings is 1. The minimum atomic E-state index is -2.99. The molecule has 0 spiro atoms. The van der Waals surface area contributed by atoms with Crippen LogP contribution in [0.25, 0.3) is 6.08 Å². The van der Waals surface area contributed by atoms with E-state index in [1.165, 1.54) is 44.5 Å². The standard InChI is InChI=1S/C19H17ClF2N2O5/c1-11(18(26)24-13-4-3-9-23-17(13)20)28-16(25)8-6-12-5-7-14(29-19(21)22)15(10-12)27-2/h3-11,19H,1-2H3,(H,24,26)/b8-6+. The molecule has 0 aliphatic rings. The van der Waals surface area contributed by atoms with E-state index in [0.717, 1.165) is 6.08 Å². The maximum Gasteiger partial charge on any atom is 0.387 e. The van der Waals surface area contributed by atoms with Crippen LogP contribution in [0.2, 0.25) is 5.15 Å². The van der Waals surface area contributed by atoms with Crippen LogP contribution >= 0.6 is 11.6 Å². The molecule has 0 aliphatic heterocycles. The lowest BCUT2D eigenvalue weighted by molar-refractivity contribution is -0.148. The molecular weight excluding hydrogens is 410 g/mol. The predicted molar refractivity (Wildman–Crippen MR) is 102 cm³/mol. The summed E-state index contributed by atoms with van der Waals surface area (Å²) in [6.45, 7) is -1.60. The third-order valence-corrected chi connectivity index (χ3v) is 3.80. The second kappa shape index (κ2) is 10.4. The highest BCUT2D eigenvalue weighted by atomic mass is 35.5. The summed E-state index contributed by atoms with van der Waals surface area (Å²) in [5.74, 6) is -1.43. The Morgan fingerprint density at radius 1 is 1.24 bits per heavy atom. The number of benzene rings is 1. The van der Waals surface area contributed by atoms with Gasteiger partial charge in [0.25, 0.3) is 5.91 Å². The molecule has 0 aliphatic carbocycles. The molecule has 1 heterocycles. The van der Waals surface area contributed by atoms with Gasteiger partial charge in [-0.25, -0.2) is 9.78 Å². The molecule has 1 aromatic carbocycles. The molecule has 2 aromatic rings. The number of aromatic nitrogens is 1. The van der Waals surface area contributed by atoms with Crippen molar-refractivity contribution in [1.82, 2.24) is 4.98 Å². The first-order valence-electron chi connectivity index (χ1n) is 8.23. The van der Waals surface area contributed by atoms with E-state index in [4.69, 9.17) is 21.1 Å². The van der Waals surface area contributed by atoms with Crippen molar-refractivity contribution in [3.05, 3.63) is 53.3 Å². The van der Waals surface area contributed by atoms with Gasteiger partial charge in [-0.05, 0) is 42.8 Å². The number of anilines is 1. The molecule has 7 nitrogen and oxygen atoms in total. The molecule has 1 unspecified atom stereocenters. The van der Waals surface area contributed by atoms with Gasteiger partial charge in [-0.3, -0.25) is 4.79 Å². The molecule has 29 heavy (non-hydrogen) atoms. The van der Waals surface area contributed by atoms with Crippen molar-refractivity contribution in [2.24, 2.45) is 0 Å². The molecule has 0 bridgehead atoms. The maximum atomic E-state index is 12.3. The van der Waals surface area contributed by atoms with E-state index in [0.29, 0.717) is 5.56 Å². The third-order valence-electron chi connectivity index (χ3n) is 3.49. The van der Waals surface area contributed by atoms with E-state index in [1.54, 1.807) is 12.1 Å². The van der Waals surface area contributed by atoms with Gasteiger partial charge in [0.05, 0.1) is 12.8 Å². The van der Waals surface area contributed by atoms with Crippen LogP contribution in [0.15, 0.2) is 42.6 Å². The van der Waals surface area contributed by atoms with Crippen LogP contribution in [-0.2, 0) is 14.3 Å². The largest absolute Gasteiger partial charge is 0.493 e. The molecule has 1 amide bonds. The Morgan fingerprint density at radius 3 is 2.66 bits per heavy atom. The van der Waals surface area contributed by atoms with Crippen molar-refractivity contribution in [3.63, 3.8) is 0 Å². The van der Waals surface area contributed by atoms with Gasteiger partial charge < -0.3 is 19.5 Å². The van der Waals surface area contributed by atoms with Crippen LogP contribution in [0.3, 0.4) is 0 Å². The fraction of sp³-hybridized carbons (Fsp3) is 0.211. The number of carbonyl (C=O) groups excluding carboxylic acids is 2. The third kappa shape index (κ3) is 6.72. The smallest absolute Gasteiger partial charge is 0.387 e. The first-order chi connectivity index (χ1) is 13.8. The number of ether oxygens (including phenoxy) is 3. The predicted octanol–water partition coefficient (Wildman–Crippen LogP) is 3.93. The number of hydrogen-bond donors (Lipinski definition) is 1. The summed E-state index contributed by atoms with van der Waals surface area (Å²) in [6, 6.07) is 7.28. The quantitative estimate of drug-likeness (QED) is 0.391. The summed E-state index contributed by atoms with van der Waals surface area (Å²) in [6.07, 6.45) is 2.83. The number of rotatable bonds is 8.